The first kappa shape index (κ1) is 20.7. The molecule has 2 aromatic carbocycles. The lowest BCUT2D eigenvalue weighted by Crippen LogP contribution is -2.56. The molecule has 2 N–H and O–H groups in total. The van der Waals surface area contributed by atoms with E-state index in [1.807, 2.05) is 54.9 Å². The summed E-state index contributed by atoms with van der Waals surface area (Å²) in [7, 11) is 1.99. The monoisotopic (exact) mass is 431 g/mol. The number of fused-ring (bicyclic) bond motifs is 1. The van der Waals surface area contributed by atoms with Gasteiger partial charge >= 0.3 is 0 Å². The maximum Gasteiger partial charge on any atom is 0.238 e. The molecule has 7 heteroatoms. The summed E-state index contributed by atoms with van der Waals surface area (Å²) in [5, 5.41) is 6.33. The van der Waals surface area contributed by atoms with Crippen molar-refractivity contribution in [1.29, 1.82) is 0 Å². The summed E-state index contributed by atoms with van der Waals surface area (Å²) < 4.78 is 2.03. The number of amides is 2. The second-order valence-electron chi connectivity index (χ2n) is 9.16. The number of piperidine rings is 1. The Morgan fingerprint density at radius 2 is 2.06 bits per heavy atom. The van der Waals surface area contributed by atoms with E-state index in [-0.39, 0.29) is 23.3 Å². The minimum Gasteiger partial charge on any atom is -0.349 e. The normalized spacial score (nSPS) is 23.6. The van der Waals surface area contributed by atoms with E-state index in [0.717, 1.165) is 41.9 Å². The van der Waals surface area contributed by atoms with Crippen molar-refractivity contribution in [3.8, 4) is 0 Å². The third-order valence-electron chi connectivity index (χ3n) is 6.99. The molecule has 2 aliphatic rings. The maximum absolute atomic E-state index is 12.9. The van der Waals surface area contributed by atoms with Crippen LogP contribution in [-0.4, -0.2) is 51.4 Å². The Kier molecular flexibility index (Phi) is 5.21. The Bertz CT molecular complexity index is 1170. The minimum absolute atomic E-state index is 0.0528. The second kappa shape index (κ2) is 8.06. The second-order valence-corrected chi connectivity index (χ2v) is 9.16. The third-order valence-corrected chi connectivity index (χ3v) is 6.99. The van der Waals surface area contributed by atoms with Crippen LogP contribution in [0.4, 0.5) is 5.69 Å². The molecule has 5 rings (SSSR count). The standard InChI is InChI=1S/C25H29N5O2/c1-17-26-21-13-19(10-11-22(21)29(17)2)27-24(32)15-30-14-20(18-7-4-3-5-8-18)25(16-30)12-6-9-23(31)28-25/h3-5,7-8,10-11,13,20H,6,9,12,14-16H2,1-2H3,(H,27,32)(H,28,31)/t20-,25+/m0/s1. The Morgan fingerprint density at radius 3 is 2.84 bits per heavy atom. The summed E-state index contributed by atoms with van der Waals surface area (Å²) in [6, 6.07) is 16.2. The Balaban J connectivity index is 1.31. The molecule has 0 radical (unpaired) electrons. The number of aromatic nitrogens is 2. The van der Waals surface area contributed by atoms with Crippen molar-refractivity contribution in [2.45, 2.75) is 37.6 Å². The number of nitrogens with zero attached hydrogens (tertiary/aromatic N) is 3. The van der Waals surface area contributed by atoms with Gasteiger partial charge in [0.2, 0.25) is 11.8 Å². The van der Waals surface area contributed by atoms with E-state index in [0.29, 0.717) is 19.5 Å². The van der Waals surface area contributed by atoms with Crippen LogP contribution in [0.3, 0.4) is 0 Å². The highest BCUT2D eigenvalue weighted by Gasteiger charge is 2.49. The lowest BCUT2D eigenvalue weighted by Gasteiger charge is -2.39. The third kappa shape index (κ3) is 3.77. The number of benzene rings is 2. The molecular formula is C25H29N5O2. The van der Waals surface area contributed by atoms with Crippen molar-refractivity contribution in [2.75, 3.05) is 25.0 Å². The zero-order chi connectivity index (χ0) is 22.3. The van der Waals surface area contributed by atoms with Crippen LogP contribution < -0.4 is 10.6 Å². The molecule has 0 unspecified atom stereocenters. The number of aryl methyl sites for hydroxylation is 2. The highest BCUT2D eigenvalue weighted by atomic mass is 16.2. The molecule has 3 heterocycles. The molecule has 3 aromatic rings. The van der Waals surface area contributed by atoms with E-state index in [4.69, 9.17) is 0 Å². The molecule has 2 atom stereocenters. The number of carbonyl (C=O) groups excluding carboxylic acids is 2. The average molecular weight is 432 g/mol. The quantitative estimate of drug-likeness (QED) is 0.666. The number of hydrogen-bond donors (Lipinski definition) is 2. The lowest BCUT2D eigenvalue weighted by molar-refractivity contribution is -0.125. The number of nitrogens with one attached hydrogen (secondary N) is 2. The first-order chi connectivity index (χ1) is 15.4. The van der Waals surface area contributed by atoms with Gasteiger partial charge in [-0.15, -0.1) is 0 Å². The summed E-state index contributed by atoms with van der Waals surface area (Å²) in [6.45, 7) is 3.69. The van der Waals surface area contributed by atoms with Crippen molar-refractivity contribution in [3.05, 3.63) is 59.9 Å². The molecule has 2 amide bonds. The summed E-state index contributed by atoms with van der Waals surface area (Å²) in [4.78, 5) is 31.9. The topological polar surface area (TPSA) is 79.3 Å². The summed E-state index contributed by atoms with van der Waals surface area (Å²) >= 11 is 0. The van der Waals surface area contributed by atoms with Crippen LogP contribution >= 0.6 is 0 Å². The molecule has 0 aliphatic carbocycles. The molecule has 1 aromatic heterocycles. The molecule has 32 heavy (non-hydrogen) atoms. The highest BCUT2D eigenvalue weighted by molar-refractivity contribution is 5.94. The molecule has 1 spiro atoms. The van der Waals surface area contributed by atoms with Gasteiger partial charge in [-0.1, -0.05) is 30.3 Å². The van der Waals surface area contributed by atoms with Gasteiger partial charge in [0.1, 0.15) is 5.82 Å². The van der Waals surface area contributed by atoms with Gasteiger partial charge in [0, 0.05) is 38.2 Å². The molecule has 166 valence electrons. The summed E-state index contributed by atoms with van der Waals surface area (Å²) in [6.07, 6.45) is 2.41. The van der Waals surface area contributed by atoms with E-state index >= 15 is 0 Å². The fraction of sp³-hybridized carbons (Fsp3) is 0.400. The lowest BCUT2D eigenvalue weighted by atomic mass is 9.76. The predicted octanol–water partition coefficient (Wildman–Crippen LogP) is 2.96. The van der Waals surface area contributed by atoms with Crippen molar-refractivity contribution < 1.29 is 9.59 Å². The van der Waals surface area contributed by atoms with Gasteiger partial charge < -0.3 is 15.2 Å². The largest absolute Gasteiger partial charge is 0.349 e. The molecule has 2 saturated heterocycles. The number of likely N-dealkylation sites (tertiary alicyclic amines) is 1. The van der Waals surface area contributed by atoms with Gasteiger partial charge in [-0.25, -0.2) is 4.98 Å². The number of carbonyl (C=O) groups is 2. The zero-order valence-corrected chi connectivity index (χ0v) is 18.6. The maximum atomic E-state index is 12.9. The van der Waals surface area contributed by atoms with Gasteiger partial charge in [-0.3, -0.25) is 14.5 Å². The van der Waals surface area contributed by atoms with Crippen molar-refractivity contribution >= 4 is 28.5 Å². The molecule has 7 nitrogen and oxygen atoms in total. The van der Waals surface area contributed by atoms with Gasteiger partial charge in [-0.05, 0) is 43.5 Å². The smallest absolute Gasteiger partial charge is 0.238 e. The van der Waals surface area contributed by atoms with Gasteiger partial charge in [0.15, 0.2) is 0 Å². The molecule has 2 aliphatic heterocycles. The van der Waals surface area contributed by atoms with Crippen LogP contribution in [0.5, 0.6) is 0 Å². The van der Waals surface area contributed by atoms with Crippen LogP contribution in [0.1, 0.15) is 36.6 Å². The number of imidazole rings is 1. The van der Waals surface area contributed by atoms with Crippen LogP contribution in [0, 0.1) is 6.92 Å². The highest BCUT2D eigenvalue weighted by Crippen LogP contribution is 2.41. The molecule has 2 fully saturated rings. The van der Waals surface area contributed by atoms with E-state index in [1.54, 1.807) is 0 Å². The predicted molar refractivity (Wildman–Crippen MR) is 124 cm³/mol. The molecule has 0 saturated carbocycles. The fourth-order valence-corrected chi connectivity index (χ4v) is 5.39. The van der Waals surface area contributed by atoms with Crippen LogP contribution in [0.15, 0.2) is 48.5 Å². The van der Waals surface area contributed by atoms with Gasteiger partial charge in [-0.2, -0.15) is 0 Å². The fourth-order valence-electron chi connectivity index (χ4n) is 5.39. The number of rotatable bonds is 4. The van der Waals surface area contributed by atoms with Crippen molar-refractivity contribution in [1.82, 2.24) is 19.8 Å². The van der Waals surface area contributed by atoms with E-state index < -0.39 is 0 Å². The Morgan fingerprint density at radius 1 is 1.25 bits per heavy atom. The average Bonchev–Trinajstić information content (AvgIpc) is 3.24. The van der Waals surface area contributed by atoms with Crippen LogP contribution in [-0.2, 0) is 16.6 Å². The van der Waals surface area contributed by atoms with E-state index in [2.05, 4.69) is 32.7 Å². The first-order valence-electron chi connectivity index (χ1n) is 11.2. The van der Waals surface area contributed by atoms with Crippen molar-refractivity contribution in [2.24, 2.45) is 7.05 Å². The Labute approximate surface area is 187 Å². The van der Waals surface area contributed by atoms with Crippen molar-refractivity contribution in [3.63, 3.8) is 0 Å². The molecular weight excluding hydrogens is 402 g/mol. The number of hydrogen-bond acceptors (Lipinski definition) is 4. The summed E-state index contributed by atoms with van der Waals surface area (Å²) in [5.41, 5.74) is 3.58. The first-order valence-corrected chi connectivity index (χ1v) is 11.2. The molecule has 0 bridgehead atoms. The Hall–Kier alpha value is -3.19. The SMILES string of the molecule is Cc1nc2cc(NC(=O)CN3C[C@@H](c4ccccc4)[C@@]4(CCCC(=O)N4)C3)ccc2n1C. The van der Waals surface area contributed by atoms with Gasteiger partial charge in [0.05, 0.1) is 23.1 Å². The van der Waals surface area contributed by atoms with Crippen LogP contribution in [0.2, 0.25) is 0 Å². The van der Waals surface area contributed by atoms with E-state index in [1.165, 1.54) is 5.56 Å². The van der Waals surface area contributed by atoms with E-state index in [9.17, 15) is 9.59 Å². The van der Waals surface area contributed by atoms with Crippen LogP contribution in [0.25, 0.3) is 11.0 Å². The number of anilines is 1. The zero-order valence-electron chi connectivity index (χ0n) is 18.6. The van der Waals surface area contributed by atoms with Gasteiger partial charge in [0.25, 0.3) is 0 Å². The minimum atomic E-state index is -0.304. The summed E-state index contributed by atoms with van der Waals surface area (Å²) in [5.74, 6) is 1.17.